The molecule has 0 atom stereocenters. The molecule has 0 aliphatic carbocycles. The third-order valence-corrected chi connectivity index (χ3v) is 2.45. The number of carbonyl (C=O) groups is 1. The summed E-state index contributed by atoms with van der Waals surface area (Å²) < 4.78 is 23.6. The fraction of sp³-hybridized carbons (Fsp3) is 0.167. The van der Waals surface area contributed by atoms with E-state index in [1.54, 1.807) is 6.92 Å². The van der Waals surface area contributed by atoms with E-state index >= 15 is 0 Å². The van der Waals surface area contributed by atoms with E-state index in [9.17, 15) is 9.18 Å². The Morgan fingerprint density at radius 2 is 2.33 bits per heavy atom. The van der Waals surface area contributed by atoms with E-state index in [1.165, 1.54) is 12.1 Å². The van der Waals surface area contributed by atoms with E-state index in [2.05, 4.69) is 4.98 Å². The van der Waals surface area contributed by atoms with Crippen LogP contribution < -0.4 is 0 Å². The number of nitrogens with zero attached hydrogens (tertiary/aromatic N) is 1. The molecule has 94 valence electrons. The average Bonchev–Trinajstić information content (AvgIpc) is 2.78. The summed E-state index contributed by atoms with van der Waals surface area (Å²) in [6.07, 6.45) is 1.07. The van der Waals surface area contributed by atoms with Crippen LogP contribution in [-0.2, 0) is 4.74 Å². The minimum Gasteiger partial charge on any atom is -0.461 e. The molecule has 0 fully saturated rings. The van der Waals surface area contributed by atoms with Gasteiger partial charge in [0.2, 0.25) is 0 Å². The number of oxazole rings is 1. The summed E-state index contributed by atoms with van der Waals surface area (Å²) in [4.78, 5) is 15.3. The van der Waals surface area contributed by atoms with Crippen molar-refractivity contribution in [2.75, 3.05) is 6.61 Å². The second kappa shape index (κ2) is 5.18. The van der Waals surface area contributed by atoms with Gasteiger partial charge < -0.3 is 9.15 Å². The van der Waals surface area contributed by atoms with E-state index in [4.69, 9.17) is 20.8 Å². The number of halogens is 2. The van der Waals surface area contributed by atoms with Gasteiger partial charge in [0.15, 0.2) is 17.8 Å². The number of benzene rings is 1. The van der Waals surface area contributed by atoms with Gasteiger partial charge in [-0.2, -0.15) is 0 Å². The maximum absolute atomic E-state index is 13.7. The Bertz CT molecular complexity index is 582. The molecule has 4 nitrogen and oxygen atoms in total. The second-order valence-corrected chi connectivity index (χ2v) is 3.81. The number of esters is 1. The number of aromatic nitrogens is 1. The highest BCUT2D eigenvalue weighted by Crippen LogP contribution is 2.28. The van der Waals surface area contributed by atoms with Gasteiger partial charge in [-0.05, 0) is 25.1 Å². The maximum Gasteiger partial charge on any atom is 0.360 e. The van der Waals surface area contributed by atoms with E-state index in [0.717, 1.165) is 12.5 Å². The summed E-state index contributed by atoms with van der Waals surface area (Å²) in [6.45, 7) is 1.87. The lowest BCUT2D eigenvalue weighted by Gasteiger charge is -2.03. The molecule has 18 heavy (non-hydrogen) atoms. The summed E-state index contributed by atoms with van der Waals surface area (Å²) in [5.74, 6) is -1.22. The van der Waals surface area contributed by atoms with Gasteiger partial charge in [0.05, 0.1) is 12.2 Å². The van der Waals surface area contributed by atoms with E-state index in [-0.39, 0.29) is 28.6 Å². The van der Waals surface area contributed by atoms with Crippen LogP contribution in [0.3, 0.4) is 0 Å². The highest BCUT2D eigenvalue weighted by Gasteiger charge is 2.21. The Balaban J connectivity index is 2.45. The topological polar surface area (TPSA) is 52.3 Å². The lowest BCUT2D eigenvalue weighted by Crippen LogP contribution is -2.06. The maximum atomic E-state index is 13.7. The molecular formula is C12H9ClFNO3. The van der Waals surface area contributed by atoms with Crippen molar-refractivity contribution < 1.29 is 18.3 Å². The van der Waals surface area contributed by atoms with Crippen molar-refractivity contribution >= 4 is 17.6 Å². The summed E-state index contributed by atoms with van der Waals surface area (Å²) >= 11 is 5.65. The zero-order valence-corrected chi connectivity index (χ0v) is 10.2. The van der Waals surface area contributed by atoms with Crippen molar-refractivity contribution in [2.45, 2.75) is 6.92 Å². The van der Waals surface area contributed by atoms with Gasteiger partial charge in [0.25, 0.3) is 0 Å². The molecule has 1 aromatic carbocycles. The first-order valence-electron chi connectivity index (χ1n) is 5.19. The first kappa shape index (κ1) is 12.6. The quantitative estimate of drug-likeness (QED) is 0.802. The number of carbonyl (C=O) groups excluding carboxylic acids is 1. The zero-order chi connectivity index (χ0) is 13.1. The number of hydrogen-bond donors (Lipinski definition) is 0. The lowest BCUT2D eigenvalue weighted by molar-refractivity contribution is 0.0520. The van der Waals surface area contributed by atoms with Crippen molar-refractivity contribution in [3.05, 3.63) is 41.1 Å². The Hall–Kier alpha value is -1.88. The molecule has 1 aromatic heterocycles. The Morgan fingerprint density at radius 3 is 3.00 bits per heavy atom. The molecule has 2 aromatic rings. The van der Waals surface area contributed by atoms with Gasteiger partial charge >= 0.3 is 5.97 Å². The molecule has 0 N–H and O–H groups in total. The van der Waals surface area contributed by atoms with E-state index < -0.39 is 11.8 Å². The molecule has 0 saturated carbocycles. The van der Waals surface area contributed by atoms with Crippen molar-refractivity contribution in [3.63, 3.8) is 0 Å². The van der Waals surface area contributed by atoms with Crippen LogP contribution in [0.5, 0.6) is 0 Å². The van der Waals surface area contributed by atoms with Crippen LogP contribution in [0.4, 0.5) is 4.39 Å². The normalized spacial score (nSPS) is 10.4. The molecule has 6 heteroatoms. The van der Waals surface area contributed by atoms with Gasteiger partial charge in [0.1, 0.15) is 5.82 Å². The van der Waals surface area contributed by atoms with Crippen molar-refractivity contribution in [3.8, 4) is 11.3 Å². The van der Waals surface area contributed by atoms with Crippen molar-refractivity contribution in [1.82, 2.24) is 4.98 Å². The van der Waals surface area contributed by atoms with Crippen LogP contribution in [0.25, 0.3) is 11.3 Å². The number of rotatable bonds is 3. The third-order valence-electron chi connectivity index (χ3n) is 2.21. The molecule has 1 heterocycles. The molecule has 0 radical (unpaired) electrons. The SMILES string of the molecule is CCOC(=O)c1ncoc1-c1ccc(Cl)cc1F. The molecule has 0 spiro atoms. The van der Waals surface area contributed by atoms with Crippen LogP contribution in [0, 0.1) is 5.82 Å². The van der Waals surface area contributed by atoms with Crippen LogP contribution in [0.1, 0.15) is 17.4 Å². The number of ether oxygens (including phenoxy) is 1. The predicted molar refractivity (Wildman–Crippen MR) is 62.9 cm³/mol. The van der Waals surface area contributed by atoms with Crippen LogP contribution in [-0.4, -0.2) is 17.6 Å². The average molecular weight is 270 g/mol. The summed E-state index contributed by atoms with van der Waals surface area (Å²) in [6, 6.07) is 4.05. The van der Waals surface area contributed by atoms with Crippen LogP contribution >= 0.6 is 11.6 Å². The molecule has 0 bridgehead atoms. The van der Waals surface area contributed by atoms with Crippen molar-refractivity contribution in [2.24, 2.45) is 0 Å². The second-order valence-electron chi connectivity index (χ2n) is 3.37. The lowest BCUT2D eigenvalue weighted by atomic mass is 10.1. The summed E-state index contributed by atoms with van der Waals surface area (Å²) in [7, 11) is 0. The smallest absolute Gasteiger partial charge is 0.360 e. The van der Waals surface area contributed by atoms with Crippen LogP contribution in [0.15, 0.2) is 29.0 Å². The molecule has 2 rings (SSSR count). The summed E-state index contributed by atoms with van der Waals surface area (Å²) in [5, 5.41) is 0.258. The molecule has 0 saturated heterocycles. The van der Waals surface area contributed by atoms with Gasteiger partial charge in [-0.3, -0.25) is 0 Å². The van der Waals surface area contributed by atoms with E-state index in [0.29, 0.717) is 0 Å². The largest absolute Gasteiger partial charge is 0.461 e. The van der Waals surface area contributed by atoms with Crippen LogP contribution in [0.2, 0.25) is 5.02 Å². The van der Waals surface area contributed by atoms with Crippen molar-refractivity contribution in [1.29, 1.82) is 0 Å². The first-order valence-corrected chi connectivity index (χ1v) is 5.57. The van der Waals surface area contributed by atoms with Gasteiger partial charge in [0, 0.05) is 5.02 Å². The molecular weight excluding hydrogens is 261 g/mol. The highest BCUT2D eigenvalue weighted by atomic mass is 35.5. The summed E-state index contributed by atoms with van der Waals surface area (Å²) in [5.41, 5.74) is 0.0537. The predicted octanol–water partition coefficient (Wildman–Crippen LogP) is 3.31. The molecule has 0 unspecified atom stereocenters. The Labute approximate surface area is 107 Å². The fourth-order valence-electron chi connectivity index (χ4n) is 1.46. The first-order chi connectivity index (χ1) is 8.63. The third kappa shape index (κ3) is 2.36. The van der Waals surface area contributed by atoms with Gasteiger partial charge in [-0.1, -0.05) is 11.6 Å². The fourth-order valence-corrected chi connectivity index (χ4v) is 1.61. The highest BCUT2D eigenvalue weighted by molar-refractivity contribution is 6.30. The Morgan fingerprint density at radius 1 is 1.56 bits per heavy atom. The monoisotopic (exact) mass is 269 g/mol. The number of hydrogen-bond acceptors (Lipinski definition) is 4. The van der Waals surface area contributed by atoms with E-state index in [1.807, 2.05) is 0 Å². The molecule has 0 aliphatic heterocycles. The minimum atomic E-state index is -0.657. The van der Waals surface area contributed by atoms with Gasteiger partial charge in [-0.15, -0.1) is 0 Å². The zero-order valence-electron chi connectivity index (χ0n) is 9.44. The molecule has 0 amide bonds. The molecule has 0 aliphatic rings. The standard InChI is InChI=1S/C12H9ClFNO3/c1-2-17-12(16)10-11(18-6-15-10)8-4-3-7(13)5-9(8)14/h3-6H,2H2,1H3. The Kier molecular flexibility index (Phi) is 3.62. The minimum absolute atomic E-state index is 0.0302. The van der Waals surface area contributed by atoms with Gasteiger partial charge in [-0.25, -0.2) is 14.2 Å².